The average Bonchev–Trinajstić information content (AvgIpc) is 2.73. The van der Waals surface area contributed by atoms with Crippen molar-refractivity contribution in [3.05, 3.63) is 26.7 Å². The third-order valence-corrected chi connectivity index (χ3v) is 3.15. The van der Waals surface area contributed by atoms with E-state index in [4.69, 9.17) is 10.5 Å². The van der Waals surface area contributed by atoms with Crippen LogP contribution in [0.2, 0.25) is 0 Å². The number of methoxy groups -OCH3 is 1. The summed E-state index contributed by atoms with van der Waals surface area (Å²) in [5.41, 5.74) is 5.54. The molecule has 8 nitrogen and oxygen atoms in total. The van der Waals surface area contributed by atoms with Gasteiger partial charge in [0.25, 0.3) is 5.56 Å². The lowest BCUT2D eigenvalue weighted by atomic mass is 10.5. The van der Waals surface area contributed by atoms with Gasteiger partial charge in [-0.05, 0) is 0 Å². The van der Waals surface area contributed by atoms with Crippen molar-refractivity contribution in [3.8, 4) is 0 Å². The number of hydrogen-bond donors (Lipinski definition) is 1. The highest BCUT2D eigenvalue weighted by molar-refractivity contribution is 5.71. The lowest BCUT2D eigenvalue weighted by molar-refractivity contribution is 0.186. The molecule has 2 N–H and O–H groups in total. The molecule has 0 atom stereocenters. The van der Waals surface area contributed by atoms with Crippen LogP contribution in [0.5, 0.6) is 0 Å². The number of hydrogen-bond acceptors (Lipinski definition) is 5. The molecule has 0 fully saturated rings. The molecule has 2 heterocycles. The van der Waals surface area contributed by atoms with Crippen molar-refractivity contribution < 1.29 is 4.74 Å². The highest BCUT2D eigenvalue weighted by atomic mass is 16.5. The standard InChI is InChI=1S/C11H17N5O3/c1-14-7(6-12)13-9-8(14)10(17)15(2)11(18)16(9)4-5-19-3/h4-6,12H2,1-3H3. The van der Waals surface area contributed by atoms with Crippen molar-refractivity contribution in [2.45, 2.75) is 13.1 Å². The summed E-state index contributed by atoms with van der Waals surface area (Å²) in [6.45, 7) is 0.898. The maximum Gasteiger partial charge on any atom is 0.332 e. The van der Waals surface area contributed by atoms with Crippen LogP contribution in [-0.4, -0.2) is 32.4 Å². The molecule has 0 amide bonds. The van der Waals surface area contributed by atoms with Crippen LogP contribution in [0, 0.1) is 0 Å². The Hall–Kier alpha value is -1.93. The van der Waals surface area contributed by atoms with Gasteiger partial charge in [0.15, 0.2) is 11.2 Å². The van der Waals surface area contributed by atoms with Crippen LogP contribution < -0.4 is 17.0 Å². The molecule has 0 spiro atoms. The summed E-state index contributed by atoms with van der Waals surface area (Å²) in [7, 11) is 4.71. The number of aryl methyl sites for hydroxylation is 1. The summed E-state index contributed by atoms with van der Waals surface area (Å²) < 4.78 is 9.10. The van der Waals surface area contributed by atoms with Crippen molar-refractivity contribution >= 4 is 11.2 Å². The van der Waals surface area contributed by atoms with Crippen molar-refractivity contribution in [2.75, 3.05) is 13.7 Å². The number of imidazole rings is 1. The average molecular weight is 267 g/mol. The zero-order valence-corrected chi connectivity index (χ0v) is 11.2. The van der Waals surface area contributed by atoms with Crippen LogP contribution in [0.3, 0.4) is 0 Å². The molecule has 0 unspecified atom stereocenters. The topological polar surface area (TPSA) is 97.1 Å². The van der Waals surface area contributed by atoms with E-state index in [-0.39, 0.29) is 12.1 Å². The monoisotopic (exact) mass is 267 g/mol. The summed E-state index contributed by atoms with van der Waals surface area (Å²) in [5.74, 6) is 0.559. The lowest BCUT2D eigenvalue weighted by Gasteiger charge is -2.08. The van der Waals surface area contributed by atoms with Gasteiger partial charge in [-0.3, -0.25) is 13.9 Å². The second-order valence-corrected chi connectivity index (χ2v) is 4.25. The van der Waals surface area contributed by atoms with E-state index in [1.54, 1.807) is 18.7 Å². The van der Waals surface area contributed by atoms with Crippen LogP contribution in [-0.2, 0) is 31.9 Å². The van der Waals surface area contributed by atoms with E-state index < -0.39 is 5.69 Å². The Bertz CT molecular complexity index is 724. The third-order valence-electron chi connectivity index (χ3n) is 3.15. The van der Waals surface area contributed by atoms with Gasteiger partial charge in [-0.1, -0.05) is 0 Å². The predicted octanol–water partition coefficient (Wildman–Crippen LogP) is -1.46. The molecule has 0 radical (unpaired) electrons. The highest BCUT2D eigenvalue weighted by Crippen LogP contribution is 2.09. The normalized spacial score (nSPS) is 11.4. The van der Waals surface area contributed by atoms with Crippen molar-refractivity contribution in [1.82, 2.24) is 18.7 Å². The van der Waals surface area contributed by atoms with E-state index >= 15 is 0 Å². The number of fused-ring (bicyclic) bond motifs is 1. The first-order valence-electron chi connectivity index (χ1n) is 5.87. The van der Waals surface area contributed by atoms with Crippen LogP contribution in [0.1, 0.15) is 5.82 Å². The highest BCUT2D eigenvalue weighted by Gasteiger charge is 2.17. The first-order chi connectivity index (χ1) is 9.02. The van der Waals surface area contributed by atoms with E-state index in [0.29, 0.717) is 30.1 Å². The first-order valence-corrected chi connectivity index (χ1v) is 5.87. The van der Waals surface area contributed by atoms with Crippen molar-refractivity contribution in [1.29, 1.82) is 0 Å². The smallest absolute Gasteiger partial charge is 0.332 e. The quantitative estimate of drug-likeness (QED) is 0.730. The molecular weight excluding hydrogens is 250 g/mol. The first kappa shape index (κ1) is 13.5. The van der Waals surface area contributed by atoms with Gasteiger partial charge in [0.05, 0.1) is 19.7 Å². The van der Waals surface area contributed by atoms with Gasteiger partial charge >= 0.3 is 5.69 Å². The van der Waals surface area contributed by atoms with Crippen LogP contribution in [0.15, 0.2) is 9.59 Å². The molecule has 0 aliphatic carbocycles. The minimum atomic E-state index is -0.406. The fourth-order valence-corrected chi connectivity index (χ4v) is 2.04. The van der Waals surface area contributed by atoms with Crippen LogP contribution >= 0.6 is 0 Å². The fourth-order valence-electron chi connectivity index (χ4n) is 2.04. The van der Waals surface area contributed by atoms with E-state index in [2.05, 4.69) is 4.98 Å². The fraction of sp³-hybridized carbons (Fsp3) is 0.545. The molecule has 8 heteroatoms. The predicted molar refractivity (Wildman–Crippen MR) is 70.0 cm³/mol. The molecule has 0 aliphatic heterocycles. The molecule has 19 heavy (non-hydrogen) atoms. The maximum atomic E-state index is 12.1. The second-order valence-electron chi connectivity index (χ2n) is 4.25. The van der Waals surface area contributed by atoms with Crippen LogP contribution in [0.4, 0.5) is 0 Å². The zero-order chi connectivity index (χ0) is 14.2. The van der Waals surface area contributed by atoms with Crippen LogP contribution in [0.25, 0.3) is 11.2 Å². The molecule has 0 aliphatic rings. The van der Waals surface area contributed by atoms with Gasteiger partial charge in [0.2, 0.25) is 0 Å². The van der Waals surface area contributed by atoms with Gasteiger partial charge in [-0.2, -0.15) is 0 Å². The molecular formula is C11H17N5O3. The molecule has 2 aromatic rings. The van der Waals surface area contributed by atoms with Gasteiger partial charge in [-0.15, -0.1) is 0 Å². The Kier molecular flexibility index (Phi) is 3.54. The summed E-state index contributed by atoms with van der Waals surface area (Å²) >= 11 is 0. The number of aromatic nitrogens is 4. The summed E-state index contributed by atoms with van der Waals surface area (Å²) in [6, 6.07) is 0. The molecule has 0 saturated carbocycles. The summed E-state index contributed by atoms with van der Waals surface area (Å²) in [5, 5.41) is 0. The molecule has 0 bridgehead atoms. The van der Waals surface area contributed by atoms with Gasteiger partial charge in [0.1, 0.15) is 5.82 Å². The molecule has 2 rings (SSSR count). The Morgan fingerprint density at radius 2 is 1.95 bits per heavy atom. The number of rotatable bonds is 4. The van der Waals surface area contributed by atoms with Gasteiger partial charge in [-0.25, -0.2) is 9.78 Å². The summed E-state index contributed by atoms with van der Waals surface area (Å²) in [6.07, 6.45) is 0. The van der Waals surface area contributed by atoms with Crippen molar-refractivity contribution in [2.24, 2.45) is 19.8 Å². The van der Waals surface area contributed by atoms with Gasteiger partial charge < -0.3 is 15.0 Å². The number of nitrogens with two attached hydrogens (primary N) is 1. The zero-order valence-electron chi connectivity index (χ0n) is 11.2. The molecule has 0 saturated heterocycles. The van der Waals surface area contributed by atoms with E-state index in [9.17, 15) is 9.59 Å². The molecule has 0 aromatic carbocycles. The molecule has 2 aromatic heterocycles. The maximum absolute atomic E-state index is 12.1. The minimum Gasteiger partial charge on any atom is -0.383 e. The number of ether oxygens (including phenoxy) is 1. The Morgan fingerprint density at radius 1 is 1.26 bits per heavy atom. The summed E-state index contributed by atoms with van der Waals surface area (Å²) in [4.78, 5) is 28.5. The lowest BCUT2D eigenvalue weighted by Crippen LogP contribution is -2.39. The van der Waals surface area contributed by atoms with Crippen molar-refractivity contribution in [3.63, 3.8) is 0 Å². The van der Waals surface area contributed by atoms with E-state index in [0.717, 1.165) is 4.57 Å². The third kappa shape index (κ3) is 1.98. The largest absolute Gasteiger partial charge is 0.383 e. The SMILES string of the molecule is COCCn1c(=O)n(C)c(=O)c2c1nc(CN)n2C. The Labute approximate surface area is 109 Å². The molecule has 104 valence electrons. The Morgan fingerprint density at radius 3 is 2.53 bits per heavy atom. The Balaban J connectivity index is 2.87. The van der Waals surface area contributed by atoms with E-state index in [1.165, 1.54) is 11.6 Å². The number of nitrogens with zero attached hydrogens (tertiary/aromatic N) is 4. The van der Waals surface area contributed by atoms with Gasteiger partial charge in [0, 0.05) is 21.2 Å². The minimum absolute atomic E-state index is 0.201. The second kappa shape index (κ2) is 4.98. The van der Waals surface area contributed by atoms with E-state index in [1.807, 2.05) is 0 Å².